The third-order valence-corrected chi connectivity index (χ3v) is 11.7. The zero-order chi connectivity index (χ0) is 33.7. The molecule has 1 aromatic heterocycles. The molecule has 3 aliphatic rings. The lowest BCUT2D eigenvalue weighted by atomic mass is 9.60. The van der Waals surface area contributed by atoms with Crippen LogP contribution in [0.4, 0.5) is 11.4 Å². The minimum Gasteiger partial charge on any atom is -0.456 e. The monoisotopic (exact) mass is 653 g/mol. The number of rotatable bonds is 4. The van der Waals surface area contributed by atoms with Crippen molar-refractivity contribution in [1.82, 2.24) is 0 Å². The van der Waals surface area contributed by atoms with Gasteiger partial charge in [-0.25, -0.2) is 0 Å². The Balaban J connectivity index is 1.22. The molecule has 8 aromatic rings. The molecule has 0 saturated heterocycles. The van der Waals surface area contributed by atoms with Gasteiger partial charge in [0.2, 0.25) is 0 Å². The Hall–Kier alpha value is -6.12. The topological polar surface area (TPSA) is 16.4 Å². The van der Waals surface area contributed by atoms with Gasteiger partial charge in [-0.2, -0.15) is 0 Å². The fraction of sp³-hybridized carbons (Fsp3) is 0.102. The first-order valence-electron chi connectivity index (χ1n) is 18.2. The van der Waals surface area contributed by atoms with Crippen LogP contribution >= 0.6 is 0 Å². The van der Waals surface area contributed by atoms with E-state index >= 15 is 0 Å². The van der Waals surface area contributed by atoms with Crippen LogP contribution < -0.4 is 4.90 Å². The highest BCUT2D eigenvalue weighted by Gasteiger charge is 2.51. The summed E-state index contributed by atoms with van der Waals surface area (Å²) in [6.07, 6.45) is 10.9. The molecule has 0 aliphatic heterocycles. The van der Waals surface area contributed by atoms with Crippen molar-refractivity contribution < 1.29 is 4.42 Å². The zero-order valence-electron chi connectivity index (χ0n) is 28.4. The summed E-state index contributed by atoms with van der Waals surface area (Å²) in [5.74, 6) is 0. The van der Waals surface area contributed by atoms with Gasteiger partial charge in [-0.15, -0.1) is 0 Å². The summed E-state index contributed by atoms with van der Waals surface area (Å²) < 4.78 is 6.44. The van der Waals surface area contributed by atoms with Gasteiger partial charge in [0.15, 0.2) is 0 Å². The first kappa shape index (κ1) is 28.7. The van der Waals surface area contributed by atoms with E-state index in [-0.39, 0.29) is 6.04 Å². The number of aryl methyl sites for hydroxylation is 1. The lowest BCUT2D eigenvalue weighted by Gasteiger charge is -2.42. The van der Waals surface area contributed by atoms with Gasteiger partial charge in [0.05, 0.1) is 11.5 Å². The molecule has 0 bridgehead atoms. The van der Waals surface area contributed by atoms with E-state index in [1.165, 1.54) is 66.5 Å². The maximum atomic E-state index is 6.44. The van der Waals surface area contributed by atoms with Crippen LogP contribution in [0.3, 0.4) is 0 Å². The standard InChI is InChI=1S/C49H35NO/c1-2-31-23-24-32-13-12-19-41-37-17-7-10-21-43(37)49(48(31)47(32)41)42-20-9-6-16-36(42)38-27-25-34(29-44(38)49)50(33-14-4-3-5-15-33)35-26-28-40-39-18-8-11-22-45(39)51-46(40)30-35/h3-14,16-30,33H,2,15H2,1H3. The van der Waals surface area contributed by atoms with Gasteiger partial charge >= 0.3 is 0 Å². The Labute approximate surface area is 297 Å². The largest absolute Gasteiger partial charge is 0.456 e. The average Bonchev–Trinajstić information content (AvgIpc) is 3.70. The van der Waals surface area contributed by atoms with Gasteiger partial charge in [-0.1, -0.05) is 134 Å². The van der Waals surface area contributed by atoms with Crippen LogP contribution in [0, 0.1) is 0 Å². The van der Waals surface area contributed by atoms with Crippen molar-refractivity contribution >= 4 is 44.1 Å². The molecule has 2 heteroatoms. The van der Waals surface area contributed by atoms with E-state index in [0.29, 0.717) is 0 Å². The van der Waals surface area contributed by atoms with Crippen LogP contribution in [0.25, 0.3) is 55.0 Å². The maximum absolute atomic E-state index is 6.44. The fourth-order valence-electron chi connectivity index (χ4n) is 9.68. The maximum Gasteiger partial charge on any atom is 0.137 e. The Bertz CT molecular complexity index is 2800. The molecule has 2 nitrogen and oxygen atoms in total. The molecule has 1 spiro atoms. The molecule has 11 rings (SSSR count). The average molecular weight is 654 g/mol. The van der Waals surface area contributed by atoms with Crippen LogP contribution in [0.5, 0.6) is 0 Å². The van der Waals surface area contributed by atoms with Gasteiger partial charge in [0.25, 0.3) is 0 Å². The van der Waals surface area contributed by atoms with Crippen LogP contribution in [0.1, 0.15) is 41.2 Å². The molecule has 0 saturated carbocycles. The summed E-state index contributed by atoms with van der Waals surface area (Å²) in [5.41, 5.74) is 15.9. The molecule has 0 N–H and O–H groups in total. The predicted octanol–water partition coefficient (Wildman–Crippen LogP) is 12.7. The summed E-state index contributed by atoms with van der Waals surface area (Å²) in [5, 5.41) is 4.99. The lowest BCUT2D eigenvalue weighted by molar-refractivity contribution is 0.668. The Morgan fingerprint density at radius 1 is 0.608 bits per heavy atom. The highest BCUT2D eigenvalue weighted by Crippen LogP contribution is 2.63. The van der Waals surface area contributed by atoms with Crippen LogP contribution in [-0.4, -0.2) is 6.04 Å². The van der Waals surface area contributed by atoms with E-state index in [1.54, 1.807) is 0 Å². The van der Waals surface area contributed by atoms with Crippen molar-refractivity contribution in [1.29, 1.82) is 0 Å². The van der Waals surface area contributed by atoms with Gasteiger partial charge in [-0.3, -0.25) is 0 Å². The quantitative estimate of drug-likeness (QED) is 0.188. The van der Waals surface area contributed by atoms with Gasteiger partial charge in [-0.05, 0) is 104 Å². The molecule has 3 aliphatic carbocycles. The smallest absolute Gasteiger partial charge is 0.137 e. The van der Waals surface area contributed by atoms with Crippen LogP contribution in [0.2, 0.25) is 0 Å². The summed E-state index contributed by atoms with van der Waals surface area (Å²) in [4.78, 5) is 2.52. The molecular weight excluding hydrogens is 619 g/mol. The normalized spacial score (nSPS) is 18.0. The first-order valence-corrected chi connectivity index (χ1v) is 18.2. The molecule has 2 unspecified atom stereocenters. The number of hydrogen-bond acceptors (Lipinski definition) is 2. The van der Waals surface area contributed by atoms with E-state index in [1.807, 2.05) is 6.07 Å². The fourth-order valence-corrected chi connectivity index (χ4v) is 9.68. The van der Waals surface area contributed by atoms with Crippen molar-refractivity contribution in [2.24, 2.45) is 0 Å². The van der Waals surface area contributed by atoms with Gasteiger partial charge in [0, 0.05) is 28.2 Å². The van der Waals surface area contributed by atoms with E-state index < -0.39 is 5.41 Å². The van der Waals surface area contributed by atoms with E-state index in [9.17, 15) is 0 Å². The molecule has 0 fully saturated rings. The summed E-state index contributed by atoms with van der Waals surface area (Å²) in [6, 6.07) is 52.4. The Kier molecular flexibility index (Phi) is 6.01. The number of hydrogen-bond donors (Lipinski definition) is 0. The highest BCUT2D eigenvalue weighted by molar-refractivity contribution is 6.08. The first-order chi connectivity index (χ1) is 25.3. The minimum atomic E-state index is -0.464. The van der Waals surface area contributed by atoms with Crippen molar-refractivity contribution in [2.75, 3.05) is 4.90 Å². The van der Waals surface area contributed by atoms with Crippen molar-refractivity contribution in [2.45, 2.75) is 31.2 Å². The molecule has 0 radical (unpaired) electrons. The third-order valence-electron chi connectivity index (χ3n) is 11.7. The zero-order valence-corrected chi connectivity index (χ0v) is 28.4. The van der Waals surface area contributed by atoms with Gasteiger partial charge < -0.3 is 9.32 Å². The number of benzene rings is 7. The van der Waals surface area contributed by atoms with E-state index in [2.05, 4.69) is 170 Å². The molecular formula is C49H35NO. The van der Waals surface area contributed by atoms with Crippen molar-refractivity contribution in [3.63, 3.8) is 0 Å². The summed E-state index contributed by atoms with van der Waals surface area (Å²) in [7, 11) is 0. The number of allylic oxidation sites excluding steroid dienone is 2. The predicted molar refractivity (Wildman–Crippen MR) is 212 cm³/mol. The SMILES string of the molecule is CCc1ccc2cccc3c2c1C1(c2ccccc2-c2ccc(N(c4ccc5c(c4)oc4ccccc45)C4C=CC=CC4)cc21)c1ccccc1-3. The molecule has 2 atom stereocenters. The minimum absolute atomic E-state index is 0.156. The molecule has 242 valence electrons. The summed E-state index contributed by atoms with van der Waals surface area (Å²) in [6.45, 7) is 2.31. The van der Waals surface area contributed by atoms with Gasteiger partial charge in [0.1, 0.15) is 11.2 Å². The van der Waals surface area contributed by atoms with E-state index in [0.717, 1.165) is 40.5 Å². The highest BCUT2D eigenvalue weighted by atomic mass is 16.3. The Morgan fingerprint density at radius 3 is 2.14 bits per heavy atom. The number of fused-ring (bicyclic) bond motifs is 12. The lowest BCUT2D eigenvalue weighted by Crippen LogP contribution is -2.34. The molecule has 1 heterocycles. The third kappa shape index (κ3) is 3.82. The van der Waals surface area contributed by atoms with Crippen LogP contribution in [0.15, 0.2) is 168 Å². The number of anilines is 2. The number of para-hydroxylation sites is 1. The van der Waals surface area contributed by atoms with E-state index in [4.69, 9.17) is 4.42 Å². The molecule has 7 aromatic carbocycles. The second-order valence-electron chi connectivity index (χ2n) is 14.2. The Morgan fingerprint density at radius 2 is 1.31 bits per heavy atom. The van der Waals surface area contributed by atoms with Crippen molar-refractivity contribution in [3.8, 4) is 22.3 Å². The second kappa shape index (κ2) is 10.7. The molecule has 0 amide bonds. The van der Waals surface area contributed by atoms with Crippen molar-refractivity contribution in [3.05, 3.63) is 192 Å². The summed E-state index contributed by atoms with van der Waals surface area (Å²) >= 11 is 0. The second-order valence-corrected chi connectivity index (χ2v) is 14.2. The number of nitrogens with zero attached hydrogens (tertiary/aromatic N) is 1. The molecule has 51 heavy (non-hydrogen) atoms. The van der Waals surface area contributed by atoms with Crippen LogP contribution in [-0.2, 0) is 11.8 Å². The number of furan rings is 1.